The molecule has 5 nitrogen and oxygen atoms in total. The summed E-state index contributed by atoms with van der Waals surface area (Å²) in [5, 5.41) is 9.68. The Morgan fingerprint density at radius 1 is 1.14 bits per heavy atom. The minimum absolute atomic E-state index is 0.0217. The Bertz CT molecular complexity index is 781. The maximum atomic E-state index is 13.3. The molecule has 2 aromatic rings. The monoisotopic (exact) mass is 310 g/mol. The molecule has 21 heavy (non-hydrogen) atoms. The van der Waals surface area contributed by atoms with Crippen LogP contribution in [0, 0.1) is 26.6 Å². The Kier molecular flexibility index (Phi) is 3.87. The van der Waals surface area contributed by atoms with Crippen molar-refractivity contribution in [3.05, 3.63) is 46.9 Å². The summed E-state index contributed by atoms with van der Waals surface area (Å²) in [5.74, 6) is -0.930. The third-order valence-corrected chi connectivity index (χ3v) is 4.58. The van der Waals surface area contributed by atoms with Crippen molar-refractivity contribution in [1.82, 2.24) is 4.98 Å². The van der Waals surface area contributed by atoms with Gasteiger partial charge in [-0.3, -0.25) is 4.72 Å². The topological polar surface area (TPSA) is 79.3 Å². The van der Waals surface area contributed by atoms with Gasteiger partial charge in [-0.15, -0.1) is 0 Å². The number of anilines is 1. The number of aromatic hydroxyl groups is 1. The normalized spacial score (nSPS) is 11.4. The highest BCUT2D eigenvalue weighted by Crippen LogP contribution is 2.27. The summed E-state index contributed by atoms with van der Waals surface area (Å²) in [5.41, 5.74) is 1.12. The Labute approximate surface area is 122 Å². The number of aryl methyl sites for hydroxylation is 3. The molecule has 0 amide bonds. The first kappa shape index (κ1) is 15.2. The van der Waals surface area contributed by atoms with Crippen molar-refractivity contribution in [3.8, 4) is 5.75 Å². The number of benzene rings is 1. The van der Waals surface area contributed by atoms with Crippen molar-refractivity contribution in [2.24, 2.45) is 0 Å². The lowest BCUT2D eigenvalue weighted by atomic mass is 10.1. The molecule has 0 spiro atoms. The van der Waals surface area contributed by atoms with E-state index in [4.69, 9.17) is 0 Å². The van der Waals surface area contributed by atoms with Gasteiger partial charge in [0.2, 0.25) is 0 Å². The lowest BCUT2D eigenvalue weighted by molar-refractivity contribution is 0.475. The molecule has 0 unspecified atom stereocenters. The van der Waals surface area contributed by atoms with E-state index >= 15 is 0 Å². The maximum absolute atomic E-state index is 13.3. The van der Waals surface area contributed by atoms with Gasteiger partial charge >= 0.3 is 0 Å². The van der Waals surface area contributed by atoms with E-state index in [0.717, 1.165) is 12.1 Å². The van der Waals surface area contributed by atoms with E-state index in [9.17, 15) is 17.9 Å². The van der Waals surface area contributed by atoms with Gasteiger partial charge in [-0.1, -0.05) is 0 Å². The first-order valence-electron chi connectivity index (χ1n) is 6.17. The minimum Gasteiger partial charge on any atom is -0.504 e. The van der Waals surface area contributed by atoms with Gasteiger partial charge in [-0.05, 0) is 56.2 Å². The van der Waals surface area contributed by atoms with Gasteiger partial charge in [0, 0.05) is 5.69 Å². The highest BCUT2D eigenvalue weighted by Gasteiger charge is 2.22. The molecule has 0 saturated carbocycles. The van der Waals surface area contributed by atoms with E-state index in [1.54, 1.807) is 13.0 Å². The van der Waals surface area contributed by atoms with Gasteiger partial charge < -0.3 is 5.11 Å². The first-order chi connectivity index (χ1) is 9.70. The Morgan fingerprint density at radius 3 is 2.29 bits per heavy atom. The molecule has 0 aliphatic heterocycles. The van der Waals surface area contributed by atoms with E-state index in [-0.39, 0.29) is 27.6 Å². The summed E-state index contributed by atoms with van der Waals surface area (Å²) in [4.78, 5) is 3.92. The minimum atomic E-state index is -3.97. The molecule has 0 bridgehead atoms. The average molecular weight is 310 g/mol. The zero-order valence-electron chi connectivity index (χ0n) is 11.8. The standard InChI is InChI=1S/C14H15FN2O3S/c1-8-6-11(15)7-9(2)13(8)21(19,20)17-14-12(18)5-4-10(3)16-14/h4-7,18H,1-3H3,(H,16,17). The molecule has 2 rings (SSSR count). The first-order valence-corrected chi connectivity index (χ1v) is 7.65. The second kappa shape index (κ2) is 5.33. The Morgan fingerprint density at radius 2 is 1.71 bits per heavy atom. The van der Waals surface area contributed by atoms with Crippen molar-refractivity contribution < 1.29 is 17.9 Å². The number of nitrogens with one attached hydrogen (secondary N) is 1. The van der Waals surface area contributed by atoms with E-state index < -0.39 is 15.8 Å². The lowest BCUT2D eigenvalue weighted by Gasteiger charge is -2.13. The summed E-state index contributed by atoms with van der Waals surface area (Å²) in [6.07, 6.45) is 0. The molecule has 0 saturated heterocycles. The van der Waals surface area contributed by atoms with Crippen LogP contribution >= 0.6 is 0 Å². The van der Waals surface area contributed by atoms with Crippen molar-refractivity contribution in [1.29, 1.82) is 0 Å². The second-order valence-corrected chi connectivity index (χ2v) is 6.41. The smallest absolute Gasteiger partial charge is 0.263 e. The van der Waals surface area contributed by atoms with Gasteiger partial charge in [-0.25, -0.2) is 17.8 Å². The molecule has 7 heteroatoms. The second-order valence-electron chi connectivity index (χ2n) is 4.79. The third-order valence-electron chi connectivity index (χ3n) is 2.94. The summed E-state index contributed by atoms with van der Waals surface area (Å²) in [6.45, 7) is 4.69. The van der Waals surface area contributed by atoms with Crippen LogP contribution in [0.15, 0.2) is 29.2 Å². The molecule has 2 N–H and O–H groups in total. The van der Waals surface area contributed by atoms with Gasteiger partial charge in [0.1, 0.15) is 5.82 Å². The summed E-state index contributed by atoms with van der Waals surface area (Å²) < 4.78 is 40.4. The zero-order chi connectivity index (χ0) is 15.8. The van der Waals surface area contributed by atoms with Crippen LogP contribution in [0.3, 0.4) is 0 Å². The molecule has 1 heterocycles. The fourth-order valence-corrected chi connectivity index (χ4v) is 3.60. The molecule has 0 aliphatic rings. The van der Waals surface area contributed by atoms with Crippen molar-refractivity contribution in [2.75, 3.05) is 4.72 Å². The SMILES string of the molecule is Cc1ccc(O)c(NS(=O)(=O)c2c(C)cc(F)cc2C)n1. The number of aromatic nitrogens is 1. The highest BCUT2D eigenvalue weighted by molar-refractivity contribution is 7.92. The van der Waals surface area contributed by atoms with E-state index in [0.29, 0.717) is 5.69 Å². The summed E-state index contributed by atoms with van der Waals surface area (Å²) in [7, 11) is -3.97. The molecule has 0 atom stereocenters. The van der Waals surface area contributed by atoms with Crippen LogP contribution in [0.5, 0.6) is 5.75 Å². The van der Waals surface area contributed by atoms with Crippen LogP contribution in [0.2, 0.25) is 0 Å². The molecule has 1 aromatic carbocycles. The molecule has 0 fully saturated rings. The number of hydrogen-bond acceptors (Lipinski definition) is 4. The van der Waals surface area contributed by atoms with Crippen molar-refractivity contribution >= 4 is 15.8 Å². The molecule has 1 aromatic heterocycles. The number of nitrogens with zero attached hydrogens (tertiary/aromatic N) is 1. The molecule has 112 valence electrons. The fourth-order valence-electron chi connectivity index (χ4n) is 2.12. The summed E-state index contributed by atoms with van der Waals surface area (Å²) in [6, 6.07) is 5.20. The number of sulfonamides is 1. The van der Waals surface area contributed by atoms with Gasteiger partial charge in [0.05, 0.1) is 4.90 Å². The van der Waals surface area contributed by atoms with Gasteiger partial charge in [-0.2, -0.15) is 0 Å². The van der Waals surface area contributed by atoms with Crippen LogP contribution in [0.4, 0.5) is 10.2 Å². The fraction of sp³-hybridized carbons (Fsp3) is 0.214. The van der Waals surface area contributed by atoms with E-state index in [1.165, 1.54) is 19.9 Å². The third kappa shape index (κ3) is 3.13. The zero-order valence-corrected chi connectivity index (χ0v) is 12.6. The molecular weight excluding hydrogens is 295 g/mol. The Hall–Kier alpha value is -2.15. The Balaban J connectivity index is 2.51. The van der Waals surface area contributed by atoms with Crippen molar-refractivity contribution in [3.63, 3.8) is 0 Å². The molecule has 0 radical (unpaired) electrons. The van der Waals surface area contributed by atoms with Crippen LogP contribution < -0.4 is 4.72 Å². The number of hydrogen-bond donors (Lipinski definition) is 2. The maximum Gasteiger partial charge on any atom is 0.263 e. The highest BCUT2D eigenvalue weighted by atomic mass is 32.2. The quantitative estimate of drug-likeness (QED) is 0.913. The largest absolute Gasteiger partial charge is 0.504 e. The summed E-state index contributed by atoms with van der Waals surface area (Å²) >= 11 is 0. The van der Waals surface area contributed by atoms with E-state index in [1.807, 2.05) is 0 Å². The molecule has 0 aliphatic carbocycles. The predicted octanol–water partition coefficient (Wildman–Crippen LogP) is 2.65. The van der Waals surface area contributed by atoms with Gasteiger partial charge in [0.15, 0.2) is 11.6 Å². The number of pyridine rings is 1. The number of rotatable bonds is 3. The van der Waals surface area contributed by atoms with Crippen LogP contribution in [0.1, 0.15) is 16.8 Å². The van der Waals surface area contributed by atoms with E-state index in [2.05, 4.69) is 9.71 Å². The molecular formula is C14H15FN2O3S. The van der Waals surface area contributed by atoms with Crippen LogP contribution in [-0.2, 0) is 10.0 Å². The average Bonchev–Trinajstić information content (AvgIpc) is 2.31. The van der Waals surface area contributed by atoms with Crippen molar-refractivity contribution in [2.45, 2.75) is 25.7 Å². The van der Waals surface area contributed by atoms with Gasteiger partial charge in [0.25, 0.3) is 10.0 Å². The van der Waals surface area contributed by atoms with Crippen LogP contribution in [0.25, 0.3) is 0 Å². The van der Waals surface area contributed by atoms with Crippen LogP contribution in [-0.4, -0.2) is 18.5 Å². The predicted molar refractivity (Wildman–Crippen MR) is 77.3 cm³/mol. The lowest BCUT2D eigenvalue weighted by Crippen LogP contribution is -2.17. The number of halogens is 1.